The van der Waals surface area contributed by atoms with E-state index in [9.17, 15) is 4.79 Å². The van der Waals surface area contributed by atoms with Crippen LogP contribution in [0.3, 0.4) is 0 Å². The highest BCUT2D eigenvalue weighted by atomic mass is 16.5. The van der Waals surface area contributed by atoms with Crippen LogP contribution in [-0.2, 0) is 16.1 Å². The van der Waals surface area contributed by atoms with E-state index in [0.29, 0.717) is 19.0 Å². The second-order valence-electron chi connectivity index (χ2n) is 5.26. The van der Waals surface area contributed by atoms with E-state index in [0.717, 1.165) is 13.1 Å². The molecule has 2 rings (SSSR count). The molecule has 1 saturated heterocycles. The Morgan fingerprint density at radius 3 is 3.15 bits per heavy atom. The lowest BCUT2D eigenvalue weighted by molar-refractivity contribution is -0.123. The van der Waals surface area contributed by atoms with Crippen LogP contribution >= 0.6 is 0 Å². The molecule has 1 aromatic heterocycles. The van der Waals surface area contributed by atoms with Crippen LogP contribution < -0.4 is 10.6 Å². The zero-order chi connectivity index (χ0) is 14.5. The van der Waals surface area contributed by atoms with Crippen LogP contribution in [-0.4, -0.2) is 66.5 Å². The molecular formula is C13H23N5O2. The van der Waals surface area contributed by atoms with Crippen molar-refractivity contribution in [1.29, 1.82) is 0 Å². The topological polar surface area (TPSA) is 71.4 Å². The summed E-state index contributed by atoms with van der Waals surface area (Å²) in [5.41, 5.74) is 0. The number of carbonyl (C=O) groups is 1. The molecule has 0 unspecified atom stereocenters. The van der Waals surface area contributed by atoms with Crippen LogP contribution in [0.15, 0.2) is 12.3 Å². The van der Waals surface area contributed by atoms with Crippen molar-refractivity contribution in [3.05, 3.63) is 12.3 Å². The number of anilines is 1. The predicted octanol–water partition coefficient (Wildman–Crippen LogP) is -0.240. The number of morpholine rings is 1. The first-order chi connectivity index (χ1) is 9.56. The quantitative estimate of drug-likeness (QED) is 0.779. The minimum atomic E-state index is -0.323. The largest absolute Gasteiger partial charge is 0.375 e. The minimum Gasteiger partial charge on any atom is -0.375 e. The van der Waals surface area contributed by atoms with Crippen molar-refractivity contribution in [2.45, 2.75) is 25.6 Å². The van der Waals surface area contributed by atoms with Crippen LogP contribution in [0.4, 0.5) is 5.82 Å². The van der Waals surface area contributed by atoms with Gasteiger partial charge in [0.15, 0.2) is 5.82 Å². The molecule has 0 bridgehead atoms. The summed E-state index contributed by atoms with van der Waals surface area (Å²) < 4.78 is 7.29. The van der Waals surface area contributed by atoms with Crippen molar-refractivity contribution in [1.82, 2.24) is 20.0 Å². The van der Waals surface area contributed by atoms with Gasteiger partial charge in [0.25, 0.3) is 0 Å². The number of amides is 1. The lowest BCUT2D eigenvalue weighted by Gasteiger charge is -2.28. The fraction of sp³-hybridized carbons (Fsp3) is 0.692. The molecule has 1 amide bonds. The van der Waals surface area contributed by atoms with Gasteiger partial charge < -0.3 is 20.3 Å². The number of carbonyl (C=O) groups excluding carboxylic acids is 1. The Bertz CT molecular complexity index is 446. The van der Waals surface area contributed by atoms with Gasteiger partial charge in [-0.2, -0.15) is 5.10 Å². The molecule has 1 aliphatic rings. The molecule has 112 valence electrons. The van der Waals surface area contributed by atoms with Gasteiger partial charge in [-0.3, -0.25) is 9.48 Å². The average molecular weight is 281 g/mol. The summed E-state index contributed by atoms with van der Waals surface area (Å²) in [5.74, 6) is 0.475. The molecule has 2 atom stereocenters. The van der Waals surface area contributed by atoms with Crippen LogP contribution in [0.2, 0.25) is 0 Å². The summed E-state index contributed by atoms with van der Waals surface area (Å²) in [5, 5.41) is 10.3. The van der Waals surface area contributed by atoms with Gasteiger partial charge in [0.1, 0.15) is 6.04 Å². The third-order valence-electron chi connectivity index (χ3n) is 3.27. The molecule has 1 aliphatic heterocycles. The van der Waals surface area contributed by atoms with Gasteiger partial charge in [-0.25, -0.2) is 0 Å². The maximum atomic E-state index is 12.1. The Kier molecular flexibility index (Phi) is 5.11. The van der Waals surface area contributed by atoms with E-state index in [1.165, 1.54) is 0 Å². The van der Waals surface area contributed by atoms with E-state index in [1.807, 2.05) is 38.0 Å². The zero-order valence-electron chi connectivity index (χ0n) is 12.3. The van der Waals surface area contributed by atoms with Crippen LogP contribution in [0.25, 0.3) is 0 Å². The van der Waals surface area contributed by atoms with Gasteiger partial charge in [0, 0.05) is 25.4 Å². The number of nitrogens with zero attached hydrogens (tertiary/aromatic N) is 3. The highest BCUT2D eigenvalue weighted by Gasteiger charge is 2.28. The predicted molar refractivity (Wildman–Crippen MR) is 76.6 cm³/mol. The number of aromatic nitrogens is 2. The summed E-state index contributed by atoms with van der Waals surface area (Å²) in [6, 6.07) is 1.48. The van der Waals surface area contributed by atoms with Crippen molar-refractivity contribution in [2.75, 3.05) is 39.1 Å². The standard InChI is InChI=1S/C13H23N5O2/c1-10-12(14-5-9-20-10)13(19)15-11-4-6-18(16-11)8-7-17(2)3/h4,6,10,12,14H,5,7-9H2,1-3H3,(H,15,16,19)/t10-,12+/m1/s1. The Morgan fingerprint density at radius 2 is 2.45 bits per heavy atom. The number of ether oxygens (including phenoxy) is 1. The Morgan fingerprint density at radius 1 is 1.65 bits per heavy atom. The first-order valence-electron chi connectivity index (χ1n) is 6.90. The number of nitrogens with one attached hydrogen (secondary N) is 2. The summed E-state index contributed by atoms with van der Waals surface area (Å²) in [4.78, 5) is 14.2. The van der Waals surface area contributed by atoms with Gasteiger partial charge in [0.2, 0.25) is 5.91 Å². The molecule has 7 nitrogen and oxygen atoms in total. The second kappa shape index (κ2) is 6.83. The van der Waals surface area contributed by atoms with Gasteiger partial charge in [-0.15, -0.1) is 0 Å². The van der Waals surface area contributed by atoms with Crippen LogP contribution in [0.5, 0.6) is 0 Å². The summed E-state index contributed by atoms with van der Waals surface area (Å²) in [7, 11) is 4.03. The molecular weight excluding hydrogens is 258 g/mol. The van der Waals surface area contributed by atoms with Crippen molar-refractivity contribution < 1.29 is 9.53 Å². The normalized spacial score (nSPS) is 23.0. The fourth-order valence-corrected chi connectivity index (χ4v) is 2.09. The van der Waals surface area contributed by atoms with Crippen molar-refractivity contribution in [3.8, 4) is 0 Å². The molecule has 0 aromatic carbocycles. The lowest BCUT2D eigenvalue weighted by Crippen LogP contribution is -2.53. The zero-order valence-corrected chi connectivity index (χ0v) is 12.3. The van der Waals surface area contributed by atoms with E-state index in [1.54, 1.807) is 0 Å². The fourth-order valence-electron chi connectivity index (χ4n) is 2.09. The maximum absolute atomic E-state index is 12.1. The van der Waals surface area contributed by atoms with Crippen molar-refractivity contribution in [3.63, 3.8) is 0 Å². The van der Waals surface area contributed by atoms with Gasteiger partial charge in [0.05, 0.1) is 19.3 Å². The SMILES string of the molecule is C[C@H]1OCCN[C@@H]1C(=O)Nc1ccn(CCN(C)C)n1. The Hall–Kier alpha value is -1.44. The van der Waals surface area contributed by atoms with E-state index < -0.39 is 0 Å². The lowest BCUT2D eigenvalue weighted by atomic mass is 10.1. The van der Waals surface area contributed by atoms with Crippen LogP contribution in [0.1, 0.15) is 6.92 Å². The molecule has 0 radical (unpaired) electrons. The van der Waals surface area contributed by atoms with Gasteiger partial charge >= 0.3 is 0 Å². The van der Waals surface area contributed by atoms with E-state index in [4.69, 9.17) is 4.74 Å². The van der Waals surface area contributed by atoms with Crippen LogP contribution in [0, 0.1) is 0 Å². The van der Waals surface area contributed by atoms with E-state index in [-0.39, 0.29) is 18.1 Å². The first-order valence-corrected chi connectivity index (χ1v) is 6.90. The van der Waals surface area contributed by atoms with Crippen molar-refractivity contribution >= 4 is 11.7 Å². The number of rotatable bonds is 5. The summed E-state index contributed by atoms with van der Waals surface area (Å²) in [6.45, 7) is 4.93. The number of likely N-dealkylation sites (N-methyl/N-ethyl adjacent to an activating group) is 1. The average Bonchev–Trinajstić information content (AvgIpc) is 2.84. The third kappa shape index (κ3) is 4.03. The number of hydrogen-bond acceptors (Lipinski definition) is 5. The van der Waals surface area contributed by atoms with Gasteiger partial charge in [-0.05, 0) is 21.0 Å². The molecule has 2 N–H and O–H groups in total. The molecule has 1 aromatic rings. The second-order valence-corrected chi connectivity index (χ2v) is 5.26. The van der Waals surface area contributed by atoms with Gasteiger partial charge in [-0.1, -0.05) is 0 Å². The Labute approximate surface area is 119 Å². The maximum Gasteiger partial charge on any atom is 0.245 e. The first kappa shape index (κ1) is 15.0. The molecule has 0 saturated carbocycles. The molecule has 7 heteroatoms. The summed E-state index contributed by atoms with van der Waals surface area (Å²) >= 11 is 0. The number of hydrogen-bond donors (Lipinski definition) is 2. The minimum absolute atomic E-state index is 0.102. The van der Waals surface area contributed by atoms with Crippen molar-refractivity contribution in [2.24, 2.45) is 0 Å². The smallest absolute Gasteiger partial charge is 0.245 e. The summed E-state index contributed by atoms with van der Waals surface area (Å²) in [6.07, 6.45) is 1.74. The molecule has 0 aliphatic carbocycles. The Balaban J connectivity index is 1.87. The highest BCUT2D eigenvalue weighted by molar-refractivity contribution is 5.94. The molecule has 2 heterocycles. The van der Waals surface area contributed by atoms with E-state index in [2.05, 4.69) is 20.6 Å². The molecule has 1 fully saturated rings. The molecule has 0 spiro atoms. The monoisotopic (exact) mass is 281 g/mol. The van der Waals surface area contributed by atoms with E-state index >= 15 is 0 Å². The molecule has 20 heavy (non-hydrogen) atoms. The third-order valence-corrected chi connectivity index (χ3v) is 3.27. The highest BCUT2D eigenvalue weighted by Crippen LogP contribution is 2.08.